The van der Waals surface area contributed by atoms with Gasteiger partial charge in [0.2, 0.25) is 0 Å². The van der Waals surface area contributed by atoms with Crippen LogP contribution in [0, 0.1) is 0 Å². The minimum Gasteiger partial charge on any atom is -0.355 e. The highest BCUT2D eigenvalue weighted by Crippen LogP contribution is 2.07. The Balaban J connectivity index is 0.00000361. The first-order valence-corrected chi connectivity index (χ1v) is 6.47. The molecule has 114 valence electrons. The molecule has 2 N–H and O–H groups in total. The van der Waals surface area contributed by atoms with E-state index in [0.717, 1.165) is 18.2 Å². The molecule has 0 amide bonds. The van der Waals surface area contributed by atoms with Crippen LogP contribution >= 0.6 is 24.0 Å². The maximum Gasteiger partial charge on any atom is 0.191 e. The lowest BCUT2D eigenvalue weighted by Crippen LogP contribution is -2.50. The van der Waals surface area contributed by atoms with Crippen LogP contribution in [0.3, 0.4) is 0 Å². The van der Waals surface area contributed by atoms with Crippen LogP contribution in [-0.2, 0) is 6.54 Å². The summed E-state index contributed by atoms with van der Waals surface area (Å²) in [4.78, 5) is 10.7. The number of pyridine rings is 1. The molecule has 0 spiro atoms. The van der Waals surface area contributed by atoms with Gasteiger partial charge in [-0.3, -0.25) is 9.98 Å². The van der Waals surface area contributed by atoms with E-state index >= 15 is 0 Å². The summed E-state index contributed by atoms with van der Waals surface area (Å²) < 4.78 is 0. The van der Waals surface area contributed by atoms with Crippen LogP contribution in [0.5, 0.6) is 0 Å². The second kappa shape index (κ2) is 9.12. The van der Waals surface area contributed by atoms with Gasteiger partial charge in [-0.05, 0) is 40.1 Å². The Kier molecular flexibility index (Phi) is 8.71. The largest absolute Gasteiger partial charge is 0.355 e. The van der Waals surface area contributed by atoms with Crippen molar-refractivity contribution in [2.75, 3.05) is 27.7 Å². The number of halogens is 1. The molecule has 0 aromatic carbocycles. The molecule has 0 radical (unpaired) electrons. The van der Waals surface area contributed by atoms with Crippen LogP contribution < -0.4 is 10.6 Å². The lowest BCUT2D eigenvalue weighted by Gasteiger charge is -2.33. The Hall–Kier alpha value is -0.890. The predicted molar refractivity (Wildman–Crippen MR) is 95.6 cm³/mol. The number of guanidine groups is 1. The van der Waals surface area contributed by atoms with Crippen LogP contribution in [0.2, 0.25) is 0 Å². The van der Waals surface area contributed by atoms with Crippen molar-refractivity contribution in [3.63, 3.8) is 0 Å². The molecule has 5 nitrogen and oxygen atoms in total. The van der Waals surface area contributed by atoms with Gasteiger partial charge in [-0.25, -0.2) is 0 Å². The molecule has 1 rings (SSSR count). The molecular formula is C14H26IN5. The smallest absolute Gasteiger partial charge is 0.191 e. The highest BCUT2D eigenvalue weighted by molar-refractivity contribution is 14.0. The molecule has 0 aliphatic carbocycles. The minimum absolute atomic E-state index is 0. The molecule has 20 heavy (non-hydrogen) atoms. The van der Waals surface area contributed by atoms with E-state index in [1.54, 1.807) is 13.2 Å². The summed E-state index contributed by atoms with van der Waals surface area (Å²) in [5.74, 6) is 0.792. The molecule has 0 bridgehead atoms. The van der Waals surface area contributed by atoms with E-state index in [0.29, 0.717) is 6.54 Å². The van der Waals surface area contributed by atoms with E-state index in [2.05, 4.69) is 53.5 Å². The summed E-state index contributed by atoms with van der Waals surface area (Å²) >= 11 is 0. The first-order valence-electron chi connectivity index (χ1n) is 6.47. The van der Waals surface area contributed by atoms with Crippen LogP contribution in [0.25, 0.3) is 0 Å². The number of likely N-dealkylation sites (N-methyl/N-ethyl adjacent to an activating group) is 1. The lowest BCUT2D eigenvalue weighted by atomic mass is 10.0. The maximum absolute atomic E-state index is 4.27. The first kappa shape index (κ1) is 19.1. The molecule has 0 unspecified atom stereocenters. The van der Waals surface area contributed by atoms with Gasteiger partial charge in [-0.15, -0.1) is 24.0 Å². The molecule has 1 aromatic heterocycles. The molecule has 0 aliphatic heterocycles. The quantitative estimate of drug-likeness (QED) is 0.456. The van der Waals surface area contributed by atoms with Gasteiger partial charge < -0.3 is 15.5 Å². The van der Waals surface area contributed by atoms with Crippen molar-refractivity contribution < 1.29 is 0 Å². The number of hydrogen-bond donors (Lipinski definition) is 2. The van der Waals surface area contributed by atoms with E-state index in [1.165, 1.54) is 0 Å². The third-order valence-electron chi connectivity index (χ3n) is 3.29. The molecule has 0 saturated carbocycles. The molecule has 0 saturated heterocycles. The highest BCUT2D eigenvalue weighted by Gasteiger charge is 2.20. The third kappa shape index (κ3) is 6.51. The number of rotatable bonds is 5. The first-order chi connectivity index (χ1) is 8.95. The SMILES string of the molecule is CN=C(NCc1ccccn1)NCC(C)(C)N(C)C.I. The van der Waals surface area contributed by atoms with Gasteiger partial charge in [0.25, 0.3) is 0 Å². The molecule has 0 atom stereocenters. The zero-order chi connectivity index (χ0) is 14.3. The second-order valence-corrected chi connectivity index (χ2v) is 5.31. The van der Waals surface area contributed by atoms with Gasteiger partial charge in [0, 0.05) is 25.3 Å². The zero-order valence-electron chi connectivity index (χ0n) is 13.0. The van der Waals surface area contributed by atoms with E-state index in [4.69, 9.17) is 0 Å². The average molecular weight is 391 g/mol. The standard InChI is InChI=1S/C14H25N5.HI/c1-14(2,19(4)5)11-18-13(15-3)17-10-12-8-6-7-9-16-12;/h6-9H,10-11H2,1-5H3,(H2,15,17,18);1H. The molecule has 1 heterocycles. The monoisotopic (exact) mass is 391 g/mol. The molecule has 1 aromatic rings. The van der Waals surface area contributed by atoms with Crippen LogP contribution in [0.4, 0.5) is 0 Å². The van der Waals surface area contributed by atoms with Crippen molar-refractivity contribution in [1.82, 2.24) is 20.5 Å². The summed E-state index contributed by atoms with van der Waals surface area (Å²) in [6.07, 6.45) is 1.79. The average Bonchev–Trinajstić information content (AvgIpc) is 2.40. The second-order valence-electron chi connectivity index (χ2n) is 5.31. The fraction of sp³-hybridized carbons (Fsp3) is 0.571. The van der Waals surface area contributed by atoms with E-state index in [1.807, 2.05) is 18.2 Å². The number of nitrogens with zero attached hydrogens (tertiary/aromatic N) is 3. The van der Waals surface area contributed by atoms with Crippen molar-refractivity contribution in [2.45, 2.75) is 25.9 Å². The highest BCUT2D eigenvalue weighted by atomic mass is 127. The third-order valence-corrected chi connectivity index (χ3v) is 3.29. The molecule has 6 heteroatoms. The minimum atomic E-state index is 0. The van der Waals surface area contributed by atoms with Crippen LogP contribution in [0.15, 0.2) is 29.4 Å². The lowest BCUT2D eigenvalue weighted by molar-refractivity contribution is 0.197. The summed E-state index contributed by atoms with van der Waals surface area (Å²) in [5.41, 5.74) is 1.07. The normalized spacial score (nSPS) is 12.0. The van der Waals surface area contributed by atoms with E-state index < -0.39 is 0 Å². The topological polar surface area (TPSA) is 52.6 Å². The fourth-order valence-electron chi connectivity index (χ4n) is 1.36. The number of hydrogen-bond acceptors (Lipinski definition) is 3. The van der Waals surface area contributed by atoms with Crippen molar-refractivity contribution in [1.29, 1.82) is 0 Å². The molecular weight excluding hydrogens is 365 g/mol. The summed E-state index contributed by atoms with van der Waals surface area (Å²) in [6.45, 7) is 5.86. The van der Waals surface area contributed by atoms with Gasteiger partial charge >= 0.3 is 0 Å². The summed E-state index contributed by atoms with van der Waals surface area (Å²) in [5, 5.41) is 6.59. The van der Waals surface area contributed by atoms with Crippen LogP contribution in [0.1, 0.15) is 19.5 Å². The van der Waals surface area contributed by atoms with Crippen molar-refractivity contribution in [2.24, 2.45) is 4.99 Å². The maximum atomic E-state index is 4.27. The Labute approximate surface area is 139 Å². The summed E-state index contributed by atoms with van der Waals surface area (Å²) in [6, 6.07) is 5.88. The van der Waals surface area contributed by atoms with Crippen molar-refractivity contribution in [3.8, 4) is 0 Å². The van der Waals surface area contributed by atoms with Crippen molar-refractivity contribution in [3.05, 3.63) is 30.1 Å². The molecule has 0 aliphatic rings. The molecule has 0 fully saturated rings. The van der Waals surface area contributed by atoms with E-state index in [9.17, 15) is 0 Å². The van der Waals surface area contributed by atoms with Gasteiger partial charge in [0.05, 0.1) is 12.2 Å². The van der Waals surface area contributed by atoms with Gasteiger partial charge in [-0.1, -0.05) is 6.07 Å². The Morgan fingerprint density at radius 2 is 2.00 bits per heavy atom. The Bertz CT molecular complexity index is 403. The van der Waals surface area contributed by atoms with Gasteiger partial charge in [0.1, 0.15) is 0 Å². The van der Waals surface area contributed by atoms with Gasteiger partial charge in [0.15, 0.2) is 5.96 Å². The number of aromatic nitrogens is 1. The van der Waals surface area contributed by atoms with E-state index in [-0.39, 0.29) is 29.5 Å². The predicted octanol–water partition coefficient (Wildman–Crippen LogP) is 1.70. The number of nitrogens with one attached hydrogen (secondary N) is 2. The summed E-state index contributed by atoms with van der Waals surface area (Å²) in [7, 11) is 5.92. The van der Waals surface area contributed by atoms with Crippen LogP contribution in [-0.4, -0.2) is 49.1 Å². The van der Waals surface area contributed by atoms with Gasteiger partial charge in [-0.2, -0.15) is 0 Å². The number of aliphatic imine (C=N–C) groups is 1. The van der Waals surface area contributed by atoms with Crippen molar-refractivity contribution >= 4 is 29.9 Å². The zero-order valence-corrected chi connectivity index (χ0v) is 15.3. The fourth-order valence-corrected chi connectivity index (χ4v) is 1.36. The Morgan fingerprint density at radius 3 is 2.50 bits per heavy atom. The Morgan fingerprint density at radius 1 is 1.30 bits per heavy atom.